The predicted molar refractivity (Wildman–Crippen MR) is 114 cm³/mol. The van der Waals surface area contributed by atoms with Gasteiger partial charge in [0.05, 0.1) is 29.4 Å². The first-order valence-electron chi connectivity index (χ1n) is 8.88. The van der Waals surface area contributed by atoms with E-state index in [0.717, 1.165) is 17.0 Å². The van der Waals surface area contributed by atoms with Crippen molar-refractivity contribution in [2.24, 2.45) is 0 Å². The van der Waals surface area contributed by atoms with E-state index in [9.17, 15) is 4.79 Å². The quantitative estimate of drug-likeness (QED) is 0.331. The fourth-order valence-corrected chi connectivity index (χ4v) is 4.10. The third-order valence-corrected chi connectivity index (χ3v) is 5.61. The molecule has 8 heteroatoms. The number of thioether (sulfide) groups is 1. The van der Waals surface area contributed by atoms with E-state index in [-0.39, 0.29) is 5.56 Å². The lowest BCUT2D eigenvalue weighted by molar-refractivity contribution is 0.393. The molecule has 2 aromatic heterocycles. The molecule has 0 amide bonds. The zero-order chi connectivity index (χ0) is 20.5. The van der Waals surface area contributed by atoms with E-state index >= 15 is 0 Å². The van der Waals surface area contributed by atoms with Crippen LogP contribution in [-0.2, 0) is 5.75 Å². The van der Waals surface area contributed by atoms with E-state index in [2.05, 4.69) is 5.16 Å². The summed E-state index contributed by atoms with van der Waals surface area (Å²) in [6.45, 7) is 3.80. The summed E-state index contributed by atoms with van der Waals surface area (Å²) in [6, 6.07) is 12.6. The Hall–Kier alpha value is -2.77. The molecule has 0 N–H and O–H groups in total. The van der Waals surface area contributed by atoms with Gasteiger partial charge >= 0.3 is 0 Å². The molecule has 29 heavy (non-hydrogen) atoms. The van der Waals surface area contributed by atoms with Gasteiger partial charge in [0.25, 0.3) is 5.56 Å². The van der Waals surface area contributed by atoms with Crippen molar-refractivity contribution in [3.8, 4) is 11.4 Å². The maximum absolute atomic E-state index is 13.4. The maximum atomic E-state index is 13.4. The number of benzene rings is 2. The molecule has 4 aromatic rings. The molecule has 6 nitrogen and oxygen atoms in total. The summed E-state index contributed by atoms with van der Waals surface area (Å²) in [5.41, 5.74) is 2.78. The topological polar surface area (TPSA) is 70.2 Å². The minimum Gasteiger partial charge on any atom is -0.495 e. The van der Waals surface area contributed by atoms with Gasteiger partial charge in [-0.2, -0.15) is 0 Å². The van der Waals surface area contributed by atoms with Crippen molar-refractivity contribution in [3.05, 3.63) is 74.9 Å². The molecule has 0 saturated heterocycles. The van der Waals surface area contributed by atoms with E-state index in [0.29, 0.717) is 38.3 Å². The zero-order valence-corrected chi connectivity index (χ0v) is 17.7. The molecule has 0 aliphatic heterocycles. The molecule has 0 bridgehead atoms. The molecular weight excluding hydrogens is 410 g/mol. The highest BCUT2D eigenvalue weighted by Gasteiger charge is 2.18. The molecule has 0 fully saturated rings. The number of hydrogen-bond donors (Lipinski definition) is 0. The van der Waals surface area contributed by atoms with Gasteiger partial charge in [0.1, 0.15) is 11.5 Å². The molecule has 0 spiro atoms. The highest BCUT2D eigenvalue weighted by atomic mass is 35.5. The SMILES string of the molecule is COc1ccc(C)cc1-n1c(SCc2cc(C)on2)nc2cc(Cl)ccc2c1=O. The summed E-state index contributed by atoms with van der Waals surface area (Å²) >= 11 is 7.53. The van der Waals surface area contributed by atoms with E-state index < -0.39 is 0 Å². The fourth-order valence-electron chi connectivity index (χ4n) is 3.05. The first-order valence-corrected chi connectivity index (χ1v) is 10.2. The Morgan fingerprint density at radius 3 is 2.72 bits per heavy atom. The van der Waals surface area contributed by atoms with Gasteiger partial charge in [0, 0.05) is 16.8 Å². The highest BCUT2D eigenvalue weighted by Crippen LogP contribution is 2.30. The van der Waals surface area contributed by atoms with Crippen molar-refractivity contribution in [1.82, 2.24) is 14.7 Å². The van der Waals surface area contributed by atoms with Gasteiger partial charge in [0.15, 0.2) is 5.16 Å². The number of hydrogen-bond acceptors (Lipinski definition) is 6. The van der Waals surface area contributed by atoms with Crippen molar-refractivity contribution < 1.29 is 9.26 Å². The van der Waals surface area contributed by atoms with Crippen LogP contribution in [0, 0.1) is 13.8 Å². The molecule has 0 aliphatic rings. The number of methoxy groups -OCH3 is 1. The van der Waals surface area contributed by atoms with Gasteiger partial charge in [-0.05, 0) is 49.7 Å². The van der Waals surface area contributed by atoms with Crippen molar-refractivity contribution in [2.45, 2.75) is 24.8 Å². The molecule has 0 aliphatic carbocycles. The number of aryl methyl sites for hydroxylation is 2. The molecule has 0 unspecified atom stereocenters. The largest absolute Gasteiger partial charge is 0.495 e. The predicted octanol–water partition coefficient (Wildman–Crippen LogP) is 4.94. The summed E-state index contributed by atoms with van der Waals surface area (Å²) in [7, 11) is 1.58. The zero-order valence-electron chi connectivity index (χ0n) is 16.1. The lowest BCUT2D eigenvalue weighted by Gasteiger charge is -2.16. The van der Waals surface area contributed by atoms with Crippen LogP contribution in [0.25, 0.3) is 16.6 Å². The van der Waals surface area contributed by atoms with Crippen molar-refractivity contribution >= 4 is 34.3 Å². The highest BCUT2D eigenvalue weighted by molar-refractivity contribution is 7.98. The number of nitrogens with zero attached hydrogens (tertiary/aromatic N) is 3. The molecular formula is C21H18ClN3O3S. The Morgan fingerprint density at radius 1 is 1.17 bits per heavy atom. The third-order valence-electron chi connectivity index (χ3n) is 4.40. The Kier molecular flexibility index (Phi) is 5.34. The molecule has 4 rings (SSSR count). The first kappa shape index (κ1) is 19.5. The van der Waals surface area contributed by atoms with Gasteiger partial charge in [0.2, 0.25) is 0 Å². The van der Waals surface area contributed by atoms with Gasteiger partial charge < -0.3 is 9.26 Å². The third kappa shape index (κ3) is 3.88. The summed E-state index contributed by atoms with van der Waals surface area (Å²) in [6.07, 6.45) is 0. The second kappa shape index (κ2) is 7.93. The Morgan fingerprint density at radius 2 is 2.00 bits per heavy atom. The van der Waals surface area contributed by atoms with Crippen LogP contribution in [0.2, 0.25) is 5.02 Å². The monoisotopic (exact) mass is 427 g/mol. The molecule has 2 aromatic carbocycles. The summed E-state index contributed by atoms with van der Waals surface area (Å²) < 4.78 is 12.2. The Balaban J connectivity index is 1.93. The smallest absolute Gasteiger partial charge is 0.266 e. The van der Waals surface area contributed by atoms with Gasteiger partial charge in [-0.1, -0.05) is 34.6 Å². The van der Waals surface area contributed by atoms with Crippen LogP contribution in [0.4, 0.5) is 0 Å². The first-order chi connectivity index (χ1) is 14.0. The maximum Gasteiger partial charge on any atom is 0.266 e. The summed E-state index contributed by atoms with van der Waals surface area (Å²) in [5.74, 6) is 1.83. The lowest BCUT2D eigenvalue weighted by atomic mass is 10.2. The second-order valence-corrected chi connectivity index (χ2v) is 7.97. The van der Waals surface area contributed by atoms with Crippen LogP contribution in [0.15, 0.2) is 56.9 Å². The average Bonchev–Trinajstić information content (AvgIpc) is 3.11. The fraction of sp³-hybridized carbons (Fsp3) is 0.190. The number of halogens is 1. The van der Waals surface area contributed by atoms with Crippen LogP contribution in [0.1, 0.15) is 17.0 Å². The number of rotatable bonds is 5. The Labute approximate surface area is 176 Å². The molecule has 0 saturated carbocycles. The number of aromatic nitrogens is 3. The van der Waals surface area contributed by atoms with Crippen molar-refractivity contribution in [3.63, 3.8) is 0 Å². The lowest BCUT2D eigenvalue weighted by Crippen LogP contribution is -2.22. The minimum absolute atomic E-state index is 0.186. The average molecular weight is 428 g/mol. The Bertz CT molecular complexity index is 1270. The molecule has 2 heterocycles. The van der Waals surface area contributed by atoms with Crippen LogP contribution in [0.3, 0.4) is 0 Å². The van der Waals surface area contributed by atoms with Crippen molar-refractivity contribution in [2.75, 3.05) is 7.11 Å². The molecule has 148 valence electrons. The van der Waals surface area contributed by atoms with E-state index in [1.165, 1.54) is 11.8 Å². The molecule has 0 atom stereocenters. The van der Waals surface area contributed by atoms with Crippen LogP contribution >= 0.6 is 23.4 Å². The normalized spacial score (nSPS) is 11.2. The second-order valence-electron chi connectivity index (χ2n) is 6.59. The van der Waals surface area contributed by atoms with E-state index in [1.54, 1.807) is 29.9 Å². The van der Waals surface area contributed by atoms with Gasteiger partial charge in [-0.3, -0.25) is 9.36 Å². The number of fused-ring (bicyclic) bond motifs is 1. The van der Waals surface area contributed by atoms with Crippen LogP contribution in [-0.4, -0.2) is 21.8 Å². The van der Waals surface area contributed by atoms with Gasteiger partial charge in [-0.25, -0.2) is 4.98 Å². The summed E-state index contributed by atoms with van der Waals surface area (Å²) in [5, 5.41) is 5.56. The van der Waals surface area contributed by atoms with Crippen LogP contribution < -0.4 is 10.3 Å². The molecule has 0 radical (unpaired) electrons. The van der Waals surface area contributed by atoms with Crippen molar-refractivity contribution in [1.29, 1.82) is 0 Å². The number of ether oxygens (including phenoxy) is 1. The van der Waals surface area contributed by atoms with E-state index in [1.807, 2.05) is 38.1 Å². The summed E-state index contributed by atoms with van der Waals surface area (Å²) in [4.78, 5) is 18.2. The standard InChI is InChI=1S/C21H18ClN3O3S/c1-12-4-7-19(27-3)18(8-12)25-20(26)16-6-5-14(22)10-17(16)23-21(25)29-11-15-9-13(2)28-24-15/h4-10H,11H2,1-3H3. The van der Waals surface area contributed by atoms with Crippen LogP contribution in [0.5, 0.6) is 5.75 Å². The van der Waals surface area contributed by atoms with E-state index in [4.69, 9.17) is 25.8 Å². The van der Waals surface area contributed by atoms with Gasteiger partial charge in [-0.15, -0.1) is 0 Å². The minimum atomic E-state index is -0.186.